The summed E-state index contributed by atoms with van der Waals surface area (Å²) in [6, 6.07) is 8.00. The standard InChI is InChI=1S/C20H15FN2O4/c1-2-20(26)13-7-16-17-10(6-11-14(21)4-3-5-15(11)22-17)8-23(16)18(24)12(13)9-27-19(20)25/h3-7,26H,2,8-9H2,1H3. The van der Waals surface area contributed by atoms with E-state index < -0.39 is 11.6 Å². The minimum absolute atomic E-state index is 0.0882. The number of fused-ring (bicyclic) bond motifs is 5. The summed E-state index contributed by atoms with van der Waals surface area (Å²) < 4.78 is 20.7. The SMILES string of the molecule is CCC1(O)C(=O)OCc2c1cc1n(c2=O)Cc2cc3c(F)cccc3nc2-1. The average Bonchev–Trinajstić information content (AvgIpc) is 3.02. The van der Waals surface area contributed by atoms with Crippen LogP contribution in [0.5, 0.6) is 0 Å². The molecule has 0 aliphatic carbocycles. The Labute approximate surface area is 152 Å². The summed E-state index contributed by atoms with van der Waals surface area (Å²) in [6.45, 7) is 1.74. The first-order valence-electron chi connectivity index (χ1n) is 8.69. The van der Waals surface area contributed by atoms with E-state index in [4.69, 9.17) is 4.74 Å². The van der Waals surface area contributed by atoms with Gasteiger partial charge in [0.1, 0.15) is 12.4 Å². The van der Waals surface area contributed by atoms with Gasteiger partial charge in [-0.25, -0.2) is 14.2 Å². The Morgan fingerprint density at radius 3 is 2.93 bits per heavy atom. The Bertz CT molecular complexity index is 1220. The molecule has 0 saturated carbocycles. The van der Waals surface area contributed by atoms with Crippen molar-refractivity contribution in [1.82, 2.24) is 9.55 Å². The second-order valence-electron chi connectivity index (χ2n) is 6.91. The van der Waals surface area contributed by atoms with Crippen LogP contribution in [-0.2, 0) is 28.3 Å². The molecule has 2 aromatic heterocycles. The smallest absolute Gasteiger partial charge is 0.343 e. The molecular weight excluding hydrogens is 351 g/mol. The van der Waals surface area contributed by atoms with Gasteiger partial charge in [-0.05, 0) is 30.7 Å². The van der Waals surface area contributed by atoms with Crippen LogP contribution in [0.2, 0.25) is 0 Å². The highest BCUT2D eigenvalue weighted by atomic mass is 19.1. The first kappa shape index (κ1) is 16.1. The number of cyclic esters (lactones) is 1. The van der Waals surface area contributed by atoms with Gasteiger partial charge in [-0.2, -0.15) is 0 Å². The molecule has 0 fully saturated rings. The lowest BCUT2D eigenvalue weighted by Gasteiger charge is -2.31. The van der Waals surface area contributed by atoms with Crippen LogP contribution in [0.3, 0.4) is 0 Å². The van der Waals surface area contributed by atoms with E-state index in [-0.39, 0.29) is 42.1 Å². The number of aromatic nitrogens is 2. The van der Waals surface area contributed by atoms with Crippen LogP contribution in [0.15, 0.2) is 35.1 Å². The number of rotatable bonds is 1. The lowest BCUT2D eigenvalue weighted by molar-refractivity contribution is -0.172. The van der Waals surface area contributed by atoms with Crippen molar-refractivity contribution in [3.8, 4) is 11.4 Å². The third-order valence-corrected chi connectivity index (χ3v) is 5.50. The number of aliphatic hydroxyl groups is 1. The quantitative estimate of drug-likeness (QED) is 0.523. The fourth-order valence-corrected chi connectivity index (χ4v) is 3.97. The summed E-state index contributed by atoms with van der Waals surface area (Å²) in [4.78, 5) is 29.7. The van der Waals surface area contributed by atoms with Gasteiger partial charge in [0.25, 0.3) is 5.56 Å². The molecule has 0 amide bonds. The van der Waals surface area contributed by atoms with Crippen LogP contribution in [0.1, 0.15) is 30.0 Å². The second kappa shape index (κ2) is 5.23. The summed E-state index contributed by atoms with van der Waals surface area (Å²) in [5, 5.41) is 11.2. The molecule has 3 aromatic rings. The molecule has 4 heterocycles. The van der Waals surface area contributed by atoms with Crippen LogP contribution in [0.25, 0.3) is 22.3 Å². The predicted octanol–water partition coefficient (Wildman–Crippen LogP) is 2.22. The molecule has 5 rings (SSSR count). The Morgan fingerprint density at radius 2 is 2.15 bits per heavy atom. The molecule has 2 aliphatic heterocycles. The average molecular weight is 366 g/mol. The number of benzene rings is 1. The molecule has 0 bridgehead atoms. The van der Waals surface area contributed by atoms with Gasteiger partial charge in [-0.15, -0.1) is 0 Å². The fraction of sp³-hybridized carbons (Fsp3) is 0.250. The maximum atomic E-state index is 14.1. The predicted molar refractivity (Wildman–Crippen MR) is 94.5 cm³/mol. The lowest BCUT2D eigenvalue weighted by Crippen LogP contribution is -2.44. The molecule has 2 aliphatic rings. The summed E-state index contributed by atoms with van der Waals surface area (Å²) >= 11 is 0. The van der Waals surface area contributed by atoms with Crippen molar-refractivity contribution in [1.29, 1.82) is 0 Å². The number of pyridine rings is 2. The van der Waals surface area contributed by atoms with Gasteiger partial charge in [0.15, 0.2) is 5.60 Å². The van der Waals surface area contributed by atoms with Crippen LogP contribution in [-0.4, -0.2) is 20.6 Å². The minimum atomic E-state index is -1.85. The normalized spacial score (nSPS) is 20.2. The Hall–Kier alpha value is -3.06. The summed E-state index contributed by atoms with van der Waals surface area (Å²) in [5.41, 5.74) is 0.638. The Morgan fingerprint density at radius 1 is 1.33 bits per heavy atom. The zero-order valence-corrected chi connectivity index (χ0v) is 14.5. The van der Waals surface area contributed by atoms with Crippen LogP contribution in [0, 0.1) is 5.82 Å². The minimum Gasteiger partial charge on any atom is -0.458 e. The van der Waals surface area contributed by atoms with Crippen LogP contribution >= 0.6 is 0 Å². The van der Waals surface area contributed by atoms with Gasteiger partial charge in [0, 0.05) is 16.5 Å². The molecule has 7 heteroatoms. The van der Waals surface area contributed by atoms with E-state index in [1.165, 1.54) is 10.6 Å². The van der Waals surface area contributed by atoms with E-state index in [9.17, 15) is 19.1 Å². The van der Waals surface area contributed by atoms with Gasteiger partial charge in [0.2, 0.25) is 0 Å². The first-order chi connectivity index (χ1) is 12.9. The molecule has 0 saturated heterocycles. The lowest BCUT2D eigenvalue weighted by atomic mass is 9.86. The van der Waals surface area contributed by atoms with E-state index in [0.717, 1.165) is 5.56 Å². The Balaban J connectivity index is 1.81. The van der Waals surface area contributed by atoms with Crippen molar-refractivity contribution in [2.24, 2.45) is 0 Å². The molecule has 27 heavy (non-hydrogen) atoms. The highest BCUT2D eigenvalue weighted by molar-refractivity contribution is 5.86. The van der Waals surface area contributed by atoms with Crippen LogP contribution in [0.4, 0.5) is 4.39 Å². The summed E-state index contributed by atoms with van der Waals surface area (Å²) in [6.07, 6.45) is 0.0882. The third-order valence-electron chi connectivity index (χ3n) is 5.50. The Kier molecular flexibility index (Phi) is 3.13. The molecule has 6 nitrogen and oxygen atoms in total. The van der Waals surface area contributed by atoms with E-state index in [2.05, 4.69) is 4.98 Å². The highest BCUT2D eigenvalue weighted by Crippen LogP contribution is 2.38. The first-order valence-corrected chi connectivity index (χ1v) is 8.69. The van der Waals surface area contributed by atoms with Crippen molar-refractivity contribution in [3.05, 3.63) is 63.2 Å². The van der Waals surface area contributed by atoms with Crippen molar-refractivity contribution in [2.75, 3.05) is 0 Å². The van der Waals surface area contributed by atoms with Crippen molar-refractivity contribution < 1.29 is 19.0 Å². The molecule has 1 atom stereocenters. The number of carbonyl (C=O) groups excluding carboxylic acids is 1. The third kappa shape index (κ3) is 2.00. The van der Waals surface area contributed by atoms with E-state index in [0.29, 0.717) is 22.3 Å². The molecule has 0 spiro atoms. The van der Waals surface area contributed by atoms with E-state index >= 15 is 0 Å². The van der Waals surface area contributed by atoms with Crippen LogP contribution < -0.4 is 5.56 Å². The molecule has 136 valence electrons. The van der Waals surface area contributed by atoms with Gasteiger partial charge >= 0.3 is 5.97 Å². The maximum Gasteiger partial charge on any atom is 0.343 e. The second-order valence-corrected chi connectivity index (χ2v) is 6.91. The zero-order valence-electron chi connectivity index (χ0n) is 14.5. The maximum absolute atomic E-state index is 14.1. The molecule has 1 unspecified atom stereocenters. The van der Waals surface area contributed by atoms with Gasteiger partial charge in [-0.3, -0.25) is 4.79 Å². The zero-order chi connectivity index (χ0) is 18.9. The number of hydrogen-bond donors (Lipinski definition) is 1. The number of nitrogens with zero attached hydrogens (tertiary/aromatic N) is 2. The van der Waals surface area contributed by atoms with E-state index in [1.54, 1.807) is 31.2 Å². The number of ether oxygens (including phenoxy) is 1. The number of carbonyl (C=O) groups is 1. The summed E-state index contributed by atoms with van der Waals surface area (Å²) in [5.74, 6) is -1.13. The molecule has 1 N–H and O–H groups in total. The van der Waals surface area contributed by atoms with Crippen molar-refractivity contribution >= 4 is 16.9 Å². The van der Waals surface area contributed by atoms with Gasteiger partial charge in [0.05, 0.1) is 29.0 Å². The molecule has 1 aromatic carbocycles. The number of esters is 1. The topological polar surface area (TPSA) is 81.4 Å². The van der Waals surface area contributed by atoms with Gasteiger partial charge < -0.3 is 14.4 Å². The molecular formula is C20H15FN2O4. The largest absolute Gasteiger partial charge is 0.458 e. The number of halogens is 1. The monoisotopic (exact) mass is 366 g/mol. The van der Waals surface area contributed by atoms with E-state index in [1.807, 2.05) is 0 Å². The van der Waals surface area contributed by atoms with Crippen molar-refractivity contribution in [2.45, 2.75) is 32.1 Å². The molecule has 0 radical (unpaired) electrons. The number of hydrogen-bond acceptors (Lipinski definition) is 5. The summed E-state index contributed by atoms with van der Waals surface area (Å²) in [7, 11) is 0. The van der Waals surface area contributed by atoms with Gasteiger partial charge in [-0.1, -0.05) is 13.0 Å². The fourth-order valence-electron chi connectivity index (χ4n) is 3.97. The highest BCUT2D eigenvalue weighted by Gasteiger charge is 2.45. The van der Waals surface area contributed by atoms with Crippen molar-refractivity contribution in [3.63, 3.8) is 0 Å².